The number of hydrogen-bond donors (Lipinski definition) is 0. The molecule has 1 aromatic carbocycles. The summed E-state index contributed by atoms with van der Waals surface area (Å²) in [6.45, 7) is 5.28. The number of imidazole rings is 1. The maximum absolute atomic E-state index is 12.0. The number of benzene rings is 1. The van der Waals surface area contributed by atoms with E-state index in [9.17, 15) is 4.79 Å². The van der Waals surface area contributed by atoms with Crippen LogP contribution in [0.4, 0.5) is 5.69 Å². The van der Waals surface area contributed by atoms with E-state index in [-0.39, 0.29) is 11.8 Å². The van der Waals surface area contributed by atoms with Gasteiger partial charge in [-0.2, -0.15) is 0 Å². The van der Waals surface area contributed by atoms with E-state index in [0.717, 1.165) is 24.3 Å². The van der Waals surface area contributed by atoms with Crippen LogP contribution in [0.25, 0.3) is 0 Å². The molecule has 1 fully saturated rings. The van der Waals surface area contributed by atoms with Gasteiger partial charge in [-0.15, -0.1) is 6.58 Å². The van der Waals surface area contributed by atoms with E-state index >= 15 is 0 Å². The number of anilines is 1. The van der Waals surface area contributed by atoms with Crippen molar-refractivity contribution in [2.75, 3.05) is 11.4 Å². The van der Waals surface area contributed by atoms with Gasteiger partial charge in [0.05, 0.1) is 6.33 Å². The fourth-order valence-electron chi connectivity index (χ4n) is 2.56. The first-order chi connectivity index (χ1) is 9.76. The molecule has 0 bridgehead atoms. The average molecular weight is 267 g/mol. The van der Waals surface area contributed by atoms with Crippen LogP contribution in [-0.4, -0.2) is 22.0 Å². The normalized spacial score (nSPS) is 18.5. The summed E-state index contributed by atoms with van der Waals surface area (Å²) in [6.07, 6.45) is 7.92. The molecule has 0 aliphatic carbocycles. The van der Waals surface area contributed by atoms with Gasteiger partial charge in [-0.3, -0.25) is 4.79 Å². The van der Waals surface area contributed by atoms with Gasteiger partial charge in [-0.1, -0.05) is 18.2 Å². The number of carbonyl (C=O) groups excluding carboxylic acids is 1. The zero-order valence-electron chi connectivity index (χ0n) is 11.3. The molecule has 0 saturated carbocycles. The molecule has 1 aromatic heterocycles. The number of nitrogens with zero attached hydrogens (tertiary/aromatic N) is 3. The molecule has 4 nitrogen and oxygen atoms in total. The first-order valence-corrected chi connectivity index (χ1v) is 6.74. The highest BCUT2D eigenvalue weighted by molar-refractivity contribution is 5.96. The van der Waals surface area contributed by atoms with Crippen molar-refractivity contribution in [2.45, 2.75) is 13.0 Å². The quantitative estimate of drug-likeness (QED) is 0.798. The molecule has 0 radical (unpaired) electrons. The summed E-state index contributed by atoms with van der Waals surface area (Å²) in [5.41, 5.74) is 2.13. The molecular formula is C16H17N3O. The highest BCUT2D eigenvalue weighted by Crippen LogP contribution is 2.26. The fraction of sp³-hybridized carbons (Fsp3) is 0.250. The zero-order chi connectivity index (χ0) is 13.9. The highest BCUT2D eigenvalue weighted by atomic mass is 16.2. The lowest BCUT2D eigenvalue weighted by Crippen LogP contribution is -2.24. The molecule has 1 amide bonds. The van der Waals surface area contributed by atoms with Crippen molar-refractivity contribution in [1.29, 1.82) is 0 Å². The Bertz CT molecular complexity index is 618. The summed E-state index contributed by atoms with van der Waals surface area (Å²) in [5.74, 6) is 0.439. The molecule has 1 aliphatic heterocycles. The van der Waals surface area contributed by atoms with Gasteiger partial charge in [0.2, 0.25) is 5.91 Å². The van der Waals surface area contributed by atoms with Crippen molar-refractivity contribution in [1.82, 2.24) is 9.55 Å². The molecule has 102 valence electrons. The van der Waals surface area contributed by atoms with E-state index in [1.54, 1.807) is 12.5 Å². The van der Waals surface area contributed by atoms with Crippen LogP contribution in [0, 0.1) is 5.92 Å². The first-order valence-electron chi connectivity index (χ1n) is 6.74. The molecule has 20 heavy (non-hydrogen) atoms. The maximum atomic E-state index is 12.0. The van der Waals surface area contributed by atoms with E-state index in [4.69, 9.17) is 0 Å². The van der Waals surface area contributed by atoms with Crippen molar-refractivity contribution < 1.29 is 4.79 Å². The Labute approximate surface area is 118 Å². The summed E-state index contributed by atoms with van der Waals surface area (Å²) in [7, 11) is 0. The summed E-state index contributed by atoms with van der Waals surface area (Å²) in [4.78, 5) is 17.9. The lowest BCUT2D eigenvalue weighted by molar-refractivity contribution is -0.117. The smallest absolute Gasteiger partial charge is 0.227 e. The van der Waals surface area contributed by atoms with Crippen LogP contribution < -0.4 is 4.90 Å². The Balaban J connectivity index is 1.81. The van der Waals surface area contributed by atoms with Crippen molar-refractivity contribution >= 4 is 11.6 Å². The van der Waals surface area contributed by atoms with Crippen LogP contribution in [0.2, 0.25) is 0 Å². The van der Waals surface area contributed by atoms with Crippen LogP contribution in [0.15, 0.2) is 55.6 Å². The summed E-state index contributed by atoms with van der Waals surface area (Å²) < 4.78 is 2.01. The number of aromatic nitrogens is 2. The standard InChI is InChI=1S/C16H17N3O/c1-2-13-9-16(20)19(11-13)15-5-3-4-14(8-15)10-18-7-6-17-12-18/h2-8,12-13H,1,9-11H2. The predicted octanol–water partition coefficient (Wildman–Crippen LogP) is 2.47. The lowest BCUT2D eigenvalue weighted by Gasteiger charge is -2.17. The minimum atomic E-state index is 0.176. The summed E-state index contributed by atoms with van der Waals surface area (Å²) in [5, 5.41) is 0. The second-order valence-electron chi connectivity index (χ2n) is 5.11. The minimum absolute atomic E-state index is 0.176. The van der Waals surface area contributed by atoms with Crippen molar-refractivity contribution in [2.24, 2.45) is 5.92 Å². The molecule has 1 unspecified atom stereocenters. The van der Waals surface area contributed by atoms with Gasteiger partial charge in [-0.25, -0.2) is 4.98 Å². The molecule has 3 rings (SSSR count). The second-order valence-corrected chi connectivity index (χ2v) is 5.11. The monoisotopic (exact) mass is 267 g/mol. The maximum Gasteiger partial charge on any atom is 0.227 e. The van der Waals surface area contributed by atoms with E-state index < -0.39 is 0 Å². The van der Waals surface area contributed by atoms with Gasteiger partial charge in [-0.05, 0) is 17.7 Å². The second kappa shape index (κ2) is 5.33. The van der Waals surface area contributed by atoms with Gasteiger partial charge in [0.25, 0.3) is 0 Å². The van der Waals surface area contributed by atoms with Gasteiger partial charge in [0.1, 0.15) is 0 Å². The van der Waals surface area contributed by atoms with Crippen LogP contribution >= 0.6 is 0 Å². The fourth-order valence-corrected chi connectivity index (χ4v) is 2.56. The molecule has 1 saturated heterocycles. The Kier molecular flexibility index (Phi) is 3.37. The van der Waals surface area contributed by atoms with Crippen LogP contribution in [0.1, 0.15) is 12.0 Å². The number of hydrogen-bond acceptors (Lipinski definition) is 2. The van der Waals surface area contributed by atoms with Gasteiger partial charge in [0, 0.05) is 43.5 Å². The molecule has 4 heteroatoms. The Morgan fingerprint density at radius 1 is 1.45 bits per heavy atom. The molecule has 0 spiro atoms. The van der Waals surface area contributed by atoms with E-state index in [1.165, 1.54) is 0 Å². The Morgan fingerprint density at radius 2 is 2.35 bits per heavy atom. The largest absolute Gasteiger partial charge is 0.333 e. The van der Waals surface area contributed by atoms with Crippen LogP contribution in [0.5, 0.6) is 0 Å². The lowest BCUT2D eigenvalue weighted by atomic mass is 10.1. The van der Waals surface area contributed by atoms with Gasteiger partial charge >= 0.3 is 0 Å². The van der Waals surface area contributed by atoms with Crippen LogP contribution in [-0.2, 0) is 11.3 Å². The number of amides is 1. The van der Waals surface area contributed by atoms with E-state index in [2.05, 4.69) is 23.7 Å². The summed E-state index contributed by atoms with van der Waals surface area (Å²) >= 11 is 0. The van der Waals surface area contributed by atoms with Crippen molar-refractivity contribution in [3.63, 3.8) is 0 Å². The minimum Gasteiger partial charge on any atom is -0.333 e. The third kappa shape index (κ3) is 2.50. The van der Waals surface area contributed by atoms with Gasteiger partial charge < -0.3 is 9.47 Å². The topological polar surface area (TPSA) is 38.1 Å². The van der Waals surface area contributed by atoms with Crippen molar-refractivity contribution in [3.8, 4) is 0 Å². The number of carbonyl (C=O) groups is 1. The number of rotatable bonds is 4. The first kappa shape index (κ1) is 12.7. The molecular weight excluding hydrogens is 250 g/mol. The van der Waals surface area contributed by atoms with Crippen molar-refractivity contribution in [3.05, 3.63) is 61.2 Å². The van der Waals surface area contributed by atoms with E-state index in [0.29, 0.717) is 6.42 Å². The SMILES string of the molecule is C=CC1CC(=O)N(c2cccc(Cn3ccnc3)c2)C1. The average Bonchev–Trinajstić information content (AvgIpc) is 3.08. The molecule has 1 atom stereocenters. The van der Waals surface area contributed by atoms with Gasteiger partial charge in [0.15, 0.2) is 0 Å². The van der Waals surface area contributed by atoms with Crippen LogP contribution in [0.3, 0.4) is 0 Å². The zero-order valence-corrected chi connectivity index (χ0v) is 11.3. The third-order valence-corrected chi connectivity index (χ3v) is 3.63. The molecule has 2 aromatic rings. The summed E-state index contributed by atoms with van der Waals surface area (Å²) in [6, 6.07) is 8.12. The highest BCUT2D eigenvalue weighted by Gasteiger charge is 2.28. The Hall–Kier alpha value is -2.36. The predicted molar refractivity (Wildman–Crippen MR) is 78.4 cm³/mol. The molecule has 1 aliphatic rings. The van der Waals surface area contributed by atoms with E-state index in [1.807, 2.05) is 33.9 Å². The molecule has 0 N–H and O–H groups in total. The molecule has 2 heterocycles. The third-order valence-electron chi connectivity index (χ3n) is 3.63. The Morgan fingerprint density at radius 3 is 3.05 bits per heavy atom.